The van der Waals surface area contributed by atoms with Gasteiger partial charge in [0.15, 0.2) is 0 Å². The number of hydrogen-bond acceptors (Lipinski definition) is 4. The molecular formula is C11H11BrN2O2. The molecule has 0 aliphatic rings. The molecule has 0 saturated heterocycles. The molecule has 0 aliphatic heterocycles. The molecule has 0 amide bonds. The van der Waals surface area contributed by atoms with Gasteiger partial charge in [0.05, 0.1) is 7.11 Å². The van der Waals surface area contributed by atoms with Crippen LogP contribution in [-0.2, 0) is 0 Å². The Balaban J connectivity index is 2.66. The maximum atomic E-state index is 5.51. The second kappa shape index (κ2) is 4.17. The van der Waals surface area contributed by atoms with E-state index in [0.717, 1.165) is 21.3 Å². The number of methoxy groups -OCH3 is 1. The molecule has 0 spiro atoms. The van der Waals surface area contributed by atoms with Gasteiger partial charge in [-0.05, 0) is 24.6 Å². The molecule has 2 N–H and O–H groups in total. The average molecular weight is 283 g/mol. The summed E-state index contributed by atoms with van der Waals surface area (Å²) in [7, 11) is 1.62. The van der Waals surface area contributed by atoms with Crippen LogP contribution in [0.4, 0.5) is 5.88 Å². The number of benzene rings is 1. The Morgan fingerprint density at radius 3 is 2.75 bits per heavy atom. The van der Waals surface area contributed by atoms with Gasteiger partial charge in [-0.15, -0.1) is 0 Å². The van der Waals surface area contributed by atoms with Gasteiger partial charge in [0.25, 0.3) is 0 Å². The Hall–Kier alpha value is -1.49. The summed E-state index contributed by atoms with van der Waals surface area (Å²) in [6.45, 7) is 1.98. The van der Waals surface area contributed by atoms with Crippen molar-refractivity contribution in [1.82, 2.24) is 5.16 Å². The van der Waals surface area contributed by atoms with Crippen molar-refractivity contribution in [3.05, 3.63) is 28.2 Å². The molecular weight excluding hydrogens is 272 g/mol. The van der Waals surface area contributed by atoms with Gasteiger partial charge < -0.3 is 15.0 Å². The Bertz CT molecular complexity index is 523. The SMILES string of the molecule is COc1ccc(Br)c(C)c1-c1cc(N)on1. The van der Waals surface area contributed by atoms with Gasteiger partial charge in [-0.25, -0.2) is 0 Å². The van der Waals surface area contributed by atoms with Gasteiger partial charge >= 0.3 is 0 Å². The molecule has 84 valence electrons. The van der Waals surface area contributed by atoms with Crippen LogP contribution in [0, 0.1) is 6.92 Å². The zero-order valence-electron chi connectivity index (χ0n) is 8.95. The van der Waals surface area contributed by atoms with E-state index >= 15 is 0 Å². The molecule has 5 heteroatoms. The van der Waals surface area contributed by atoms with Crippen molar-refractivity contribution in [3.8, 4) is 17.0 Å². The molecule has 1 aromatic carbocycles. The van der Waals surface area contributed by atoms with E-state index in [1.807, 2.05) is 19.1 Å². The number of ether oxygens (including phenoxy) is 1. The fourth-order valence-corrected chi connectivity index (χ4v) is 1.89. The number of aromatic nitrogens is 1. The van der Waals surface area contributed by atoms with E-state index in [2.05, 4.69) is 21.1 Å². The Morgan fingerprint density at radius 2 is 2.19 bits per heavy atom. The zero-order valence-corrected chi connectivity index (χ0v) is 10.5. The van der Waals surface area contributed by atoms with Gasteiger partial charge in [0.2, 0.25) is 5.88 Å². The highest BCUT2D eigenvalue weighted by Crippen LogP contribution is 2.36. The summed E-state index contributed by atoms with van der Waals surface area (Å²) in [4.78, 5) is 0. The van der Waals surface area contributed by atoms with Crippen molar-refractivity contribution in [3.63, 3.8) is 0 Å². The standard InChI is InChI=1S/C11H11BrN2O2/c1-6-7(12)3-4-9(15-2)11(6)8-5-10(13)16-14-8/h3-5H,13H2,1-2H3. The lowest BCUT2D eigenvalue weighted by atomic mass is 10.0. The lowest BCUT2D eigenvalue weighted by molar-refractivity contribution is 0.413. The summed E-state index contributed by atoms with van der Waals surface area (Å²) in [5, 5.41) is 3.90. The number of hydrogen-bond donors (Lipinski definition) is 1. The van der Waals surface area contributed by atoms with Gasteiger partial charge in [0, 0.05) is 16.1 Å². The molecule has 0 fully saturated rings. The topological polar surface area (TPSA) is 61.3 Å². The lowest BCUT2D eigenvalue weighted by Crippen LogP contribution is -1.92. The van der Waals surface area contributed by atoms with Crippen LogP contribution in [0.15, 0.2) is 27.2 Å². The number of halogens is 1. The van der Waals surface area contributed by atoms with Crippen molar-refractivity contribution in [2.24, 2.45) is 0 Å². The third kappa shape index (κ3) is 1.78. The van der Waals surface area contributed by atoms with E-state index < -0.39 is 0 Å². The predicted molar refractivity (Wildman–Crippen MR) is 65.3 cm³/mol. The van der Waals surface area contributed by atoms with Gasteiger partial charge in [-0.3, -0.25) is 0 Å². The van der Waals surface area contributed by atoms with E-state index in [0.29, 0.717) is 5.69 Å². The number of nitrogens with two attached hydrogens (primary N) is 1. The van der Waals surface area contributed by atoms with E-state index in [9.17, 15) is 0 Å². The van der Waals surface area contributed by atoms with Crippen molar-refractivity contribution >= 4 is 21.8 Å². The average Bonchev–Trinajstić information content (AvgIpc) is 2.68. The Labute approximate surface area is 102 Å². The first-order chi connectivity index (χ1) is 7.63. The normalized spacial score (nSPS) is 10.4. The molecule has 0 atom stereocenters. The smallest absolute Gasteiger partial charge is 0.222 e. The zero-order chi connectivity index (χ0) is 11.7. The molecule has 2 aromatic rings. The van der Waals surface area contributed by atoms with Crippen molar-refractivity contribution in [2.75, 3.05) is 12.8 Å². The number of anilines is 1. The largest absolute Gasteiger partial charge is 0.496 e. The quantitative estimate of drug-likeness (QED) is 0.920. The lowest BCUT2D eigenvalue weighted by Gasteiger charge is -2.10. The fraction of sp³-hybridized carbons (Fsp3) is 0.182. The van der Waals surface area contributed by atoms with Crippen molar-refractivity contribution < 1.29 is 9.26 Å². The molecule has 2 rings (SSSR count). The number of nitrogens with zero attached hydrogens (tertiary/aromatic N) is 1. The molecule has 0 saturated carbocycles. The Morgan fingerprint density at radius 1 is 1.44 bits per heavy atom. The van der Waals surface area contributed by atoms with Gasteiger partial charge in [0.1, 0.15) is 11.4 Å². The van der Waals surface area contributed by atoms with E-state index in [1.54, 1.807) is 13.2 Å². The summed E-state index contributed by atoms with van der Waals surface area (Å²) in [5.41, 5.74) is 8.11. The summed E-state index contributed by atoms with van der Waals surface area (Å²) in [6.07, 6.45) is 0. The first-order valence-corrected chi connectivity index (χ1v) is 5.48. The third-order valence-corrected chi connectivity index (χ3v) is 3.22. The monoisotopic (exact) mass is 282 g/mol. The highest BCUT2D eigenvalue weighted by atomic mass is 79.9. The highest BCUT2D eigenvalue weighted by Gasteiger charge is 2.15. The van der Waals surface area contributed by atoms with E-state index in [1.165, 1.54) is 0 Å². The predicted octanol–water partition coefficient (Wildman–Crippen LogP) is 3.00. The van der Waals surface area contributed by atoms with Crippen LogP contribution in [0.3, 0.4) is 0 Å². The molecule has 0 unspecified atom stereocenters. The molecule has 0 bridgehead atoms. The third-order valence-electron chi connectivity index (χ3n) is 2.37. The summed E-state index contributed by atoms with van der Waals surface area (Å²) < 4.78 is 11.2. The second-order valence-electron chi connectivity index (χ2n) is 3.36. The van der Waals surface area contributed by atoms with Crippen LogP contribution in [0.1, 0.15) is 5.56 Å². The molecule has 0 aliphatic carbocycles. The first kappa shape index (κ1) is 11.0. The van der Waals surface area contributed by atoms with Gasteiger partial charge in [-0.2, -0.15) is 0 Å². The highest BCUT2D eigenvalue weighted by molar-refractivity contribution is 9.10. The van der Waals surface area contributed by atoms with Crippen LogP contribution < -0.4 is 10.5 Å². The van der Waals surface area contributed by atoms with Crippen LogP contribution in [0.25, 0.3) is 11.3 Å². The summed E-state index contributed by atoms with van der Waals surface area (Å²) in [5.74, 6) is 1.03. The minimum atomic E-state index is 0.288. The molecule has 1 heterocycles. The van der Waals surface area contributed by atoms with Crippen molar-refractivity contribution in [1.29, 1.82) is 0 Å². The number of nitrogen functional groups attached to an aromatic ring is 1. The van der Waals surface area contributed by atoms with E-state index in [-0.39, 0.29) is 5.88 Å². The van der Waals surface area contributed by atoms with Gasteiger partial charge in [-0.1, -0.05) is 21.1 Å². The Kier molecular flexibility index (Phi) is 2.87. The van der Waals surface area contributed by atoms with Crippen LogP contribution in [0.2, 0.25) is 0 Å². The second-order valence-corrected chi connectivity index (χ2v) is 4.22. The first-order valence-electron chi connectivity index (χ1n) is 4.69. The fourth-order valence-electron chi connectivity index (χ4n) is 1.56. The van der Waals surface area contributed by atoms with Crippen molar-refractivity contribution in [2.45, 2.75) is 6.92 Å². The maximum Gasteiger partial charge on any atom is 0.222 e. The molecule has 0 radical (unpaired) electrons. The number of rotatable bonds is 2. The molecule has 1 aromatic heterocycles. The maximum absolute atomic E-state index is 5.51. The van der Waals surface area contributed by atoms with Crippen LogP contribution >= 0.6 is 15.9 Å². The van der Waals surface area contributed by atoms with Crippen LogP contribution in [0.5, 0.6) is 5.75 Å². The molecule has 4 nitrogen and oxygen atoms in total. The van der Waals surface area contributed by atoms with Crippen LogP contribution in [-0.4, -0.2) is 12.3 Å². The minimum Gasteiger partial charge on any atom is -0.496 e. The summed E-state index contributed by atoms with van der Waals surface area (Å²) in [6, 6.07) is 5.48. The van der Waals surface area contributed by atoms with E-state index in [4.69, 9.17) is 15.0 Å². The summed E-state index contributed by atoms with van der Waals surface area (Å²) >= 11 is 3.47. The minimum absolute atomic E-state index is 0.288. The molecule has 16 heavy (non-hydrogen) atoms.